The first-order valence-corrected chi connectivity index (χ1v) is 8.49. The number of rotatable bonds is 4. The molecule has 0 aromatic rings. The fourth-order valence-electron chi connectivity index (χ4n) is 3.35. The lowest BCUT2D eigenvalue weighted by molar-refractivity contribution is -0.137. The van der Waals surface area contributed by atoms with Gasteiger partial charge in [0.05, 0.1) is 5.60 Å². The van der Waals surface area contributed by atoms with Crippen molar-refractivity contribution in [1.29, 1.82) is 0 Å². The highest BCUT2D eigenvalue weighted by Crippen LogP contribution is 2.43. The fraction of sp³-hybridized carbons (Fsp3) is 0.933. The summed E-state index contributed by atoms with van der Waals surface area (Å²) in [6, 6.07) is 0. The Balaban J connectivity index is 1.95. The molecular weight excluding hydrogens is 260 g/mol. The van der Waals surface area contributed by atoms with Crippen molar-refractivity contribution in [3.63, 3.8) is 0 Å². The second-order valence-corrected chi connectivity index (χ2v) is 7.79. The van der Waals surface area contributed by atoms with E-state index in [9.17, 15) is 9.90 Å². The molecule has 1 saturated carbocycles. The minimum absolute atomic E-state index is 0.0776. The van der Waals surface area contributed by atoms with Crippen molar-refractivity contribution in [3.05, 3.63) is 0 Å². The van der Waals surface area contributed by atoms with Crippen molar-refractivity contribution in [2.24, 2.45) is 5.92 Å². The van der Waals surface area contributed by atoms with Gasteiger partial charge in [-0.3, -0.25) is 4.79 Å². The van der Waals surface area contributed by atoms with Gasteiger partial charge in [-0.25, -0.2) is 0 Å². The lowest BCUT2D eigenvalue weighted by Crippen LogP contribution is -2.43. The highest BCUT2D eigenvalue weighted by molar-refractivity contribution is 8.01. The van der Waals surface area contributed by atoms with Gasteiger partial charge in [-0.05, 0) is 31.6 Å². The van der Waals surface area contributed by atoms with E-state index in [2.05, 4.69) is 0 Å². The van der Waals surface area contributed by atoms with Gasteiger partial charge >= 0.3 is 5.97 Å². The molecule has 1 heterocycles. The quantitative estimate of drug-likeness (QED) is 0.855. The Bertz CT molecular complexity index is 305. The minimum atomic E-state index is -0.663. The average Bonchev–Trinajstić information content (AvgIpc) is 2.36. The van der Waals surface area contributed by atoms with Crippen molar-refractivity contribution in [2.45, 2.75) is 74.9 Å². The van der Waals surface area contributed by atoms with Crippen molar-refractivity contribution in [1.82, 2.24) is 0 Å². The van der Waals surface area contributed by atoms with Gasteiger partial charge in [-0.15, -0.1) is 11.8 Å². The van der Waals surface area contributed by atoms with Gasteiger partial charge < -0.3 is 9.84 Å². The number of carboxylic acid groups (broad SMARTS) is 1. The Morgan fingerprint density at radius 1 is 1.32 bits per heavy atom. The van der Waals surface area contributed by atoms with Crippen LogP contribution in [-0.4, -0.2) is 33.8 Å². The topological polar surface area (TPSA) is 46.5 Å². The molecule has 1 spiro atoms. The molecule has 1 aliphatic carbocycles. The van der Waals surface area contributed by atoms with Crippen LogP contribution in [0.25, 0.3) is 0 Å². The second-order valence-electron chi connectivity index (χ2n) is 6.35. The number of hydrogen-bond acceptors (Lipinski definition) is 3. The molecule has 0 amide bonds. The maximum Gasteiger partial charge on any atom is 0.316 e. The Morgan fingerprint density at radius 2 is 2.00 bits per heavy atom. The third-order valence-corrected chi connectivity index (χ3v) is 6.23. The van der Waals surface area contributed by atoms with Crippen LogP contribution in [0, 0.1) is 5.92 Å². The van der Waals surface area contributed by atoms with Crippen LogP contribution in [0.1, 0.15) is 58.8 Å². The van der Waals surface area contributed by atoms with Crippen LogP contribution >= 0.6 is 11.8 Å². The van der Waals surface area contributed by atoms with Gasteiger partial charge in [0.25, 0.3) is 0 Å². The summed E-state index contributed by atoms with van der Waals surface area (Å²) in [5, 5.41) is 9.50. The van der Waals surface area contributed by atoms with Gasteiger partial charge in [-0.1, -0.05) is 33.1 Å². The summed E-state index contributed by atoms with van der Waals surface area (Å²) >= 11 is 1.67. The van der Waals surface area contributed by atoms with Crippen LogP contribution in [0.5, 0.6) is 0 Å². The molecule has 2 rings (SSSR count). The van der Waals surface area contributed by atoms with E-state index in [1.807, 2.05) is 13.8 Å². The second kappa shape index (κ2) is 6.49. The van der Waals surface area contributed by atoms with E-state index in [1.54, 1.807) is 11.8 Å². The van der Waals surface area contributed by atoms with Crippen LogP contribution in [-0.2, 0) is 9.53 Å². The average molecular weight is 286 g/mol. The SMILES string of the molecule is CC(C)C(SC1CCOC2(CCCCC2)C1)C(=O)O. The molecule has 0 radical (unpaired) electrons. The van der Waals surface area contributed by atoms with Crippen LogP contribution in [0.3, 0.4) is 0 Å². The molecule has 4 heteroatoms. The highest BCUT2D eigenvalue weighted by Gasteiger charge is 2.40. The Hall–Kier alpha value is -0.220. The molecule has 19 heavy (non-hydrogen) atoms. The van der Waals surface area contributed by atoms with E-state index in [0.29, 0.717) is 5.25 Å². The lowest BCUT2D eigenvalue weighted by atomic mass is 9.80. The molecule has 110 valence electrons. The molecule has 1 aliphatic heterocycles. The van der Waals surface area contributed by atoms with E-state index in [0.717, 1.165) is 19.4 Å². The molecular formula is C15H26O3S. The van der Waals surface area contributed by atoms with Crippen molar-refractivity contribution in [2.75, 3.05) is 6.61 Å². The Labute approximate surface area is 120 Å². The normalized spacial score (nSPS) is 28.5. The molecule has 0 aromatic heterocycles. The van der Waals surface area contributed by atoms with E-state index in [1.165, 1.54) is 32.1 Å². The monoisotopic (exact) mass is 286 g/mol. The summed E-state index contributed by atoms with van der Waals surface area (Å²) in [5.74, 6) is -0.475. The maximum absolute atomic E-state index is 11.3. The largest absolute Gasteiger partial charge is 0.480 e. The molecule has 2 atom stereocenters. The first-order chi connectivity index (χ1) is 9.02. The van der Waals surface area contributed by atoms with Crippen molar-refractivity contribution < 1.29 is 14.6 Å². The number of aliphatic carboxylic acids is 1. The Kier molecular flexibility index (Phi) is 5.18. The van der Waals surface area contributed by atoms with E-state index >= 15 is 0 Å². The van der Waals surface area contributed by atoms with E-state index in [-0.39, 0.29) is 16.8 Å². The Morgan fingerprint density at radius 3 is 2.58 bits per heavy atom. The van der Waals surface area contributed by atoms with Gasteiger partial charge in [-0.2, -0.15) is 0 Å². The zero-order valence-corrected chi connectivity index (χ0v) is 12.9. The van der Waals surface area contributed by atoms with Crippen LogP contribution in [0.15, 0.2) is 0 Å². The number of ether oxygens (including phenoxy) is 1. The number of carbonyl (C=O) groups is 1. The first kappa shape index (κ1) is 15.2. The lowest BCUT2D eigenvalue weighted by Gasteiger charge is -2.44. The smallest absolute Gasteiger partial charge is 0.316 e. The van der Waals surface area contributed by atoms with E-state index in [4.69, 9.17) is 4.74 Å². The van der Waals surface area contributed by atoms with Crippen LogP contribution < -0.4 is 0 Å². The molecule has 0 aromatic carbocycles. The summed E-state index contributed by atoms with van der Waals surface area (Å²) in [6.45, 7) is 4.81. The summed E-state index contributed by atoms with van der Waals surface area (Å²) < 4.78 is 6.08. The summed E-state index contributed by atoms with van der Waals surface area (Å²) in [5.41, 5.74) is 0.0776. The van der Waals surface area contributed by atoms with Crippen LogP contribution in [0.2, 0.25) is 0 Å². The molecule has 2 fully saturated rings. The standard InChI is InChI=1S/C15H26O3S/c1-11(2)13(14(16)17)19-12-6-9-18-15(10-12)7-4-3-5-8-15/h11-13H,3-10H2,1-2H3,(H,16,17). The summed E-state index contributed by atoms with van der Waals surface area (Å²) in [4.78, 5) is 11.3. The van der Waals surface area contributed by atoms with Gasteiger partial charge in [0.2, 0.25) is 0 Å². The van der Waals surface area contributed by atoms with Crippen molar-refractivity contribution >= 4 is 17.7 Å². The zero-order valence-electron chi connectivity index (χ0n) is 12.1. The van der Waals surface area contributed by atoms with Crippen LogP contribution in [0.4, 0.5) is 0 Å². The number of carboxylic acids is 1. The molecule has 3 nitrogen and oxygen atoms in total. The van der Waals surface area contributed by atoms with Crippen molar-refractivity contribution in [3.8, 4) is 0 Å². The number of thioether (sulfide) groups is 1. The molecule has 1 saturated heterocycles. The predicted molar refractivity (Wildman–Crippen MR) is 78.6 cm³/mol. The number of hydrogen-bond donors (Lipinski definition) is 1. The van der Waals surface area contributed by atoms with E-state index < -0.39 is 5.97 Å². The minimum Gasteiger partial charge on any atom is -0.480 e. The summed E-state index contributed by atoms with van der Waals surface area (Å²) in [7, 11) is 0. The zero-order chi connectivity index (χ0) is 13.9. The van der Waals surface area contributed by atoms with Gasteiger partial charge in [0.1, 0.15) is 5.25 Å². The maximum atomic E-state index is 11.3. The third-order valence-electron chi connectivity index (χ3n) is 4.40. The third kappa shape index (κ3) is 3.88. The van der Waals surface area contributed by atoms with Gasteiger partial charge in [0, 0.05) is 11.9 Å². The highest BCUT2D eigenvalue weighted by atomic mass is 32.2. The molecule has 0 bridgehead atoms. The fourth-order valence-corrected chi connectivity index (χ4v) is 4.83. The van der Waals surface area contributed by atoms with Gasteiger partial charge in [0.15, 0.2) is 0 Å². The predicted octanol–water partition coefficient (Wildman–Crippen LogP) is 3.71. The molecule has 1 N–H and O–H groups in total. The molecule has 2 aliphatic rings. The molecule has 2 unspecified atom stereocenters. The summed E-state index contributed by atoms with van der Waals surface area (Å²) in [6.07, 6.45) is 8.25. The first-order valence-electron chi connectivity index (χ1n) is 7.55.